The Balaban J connectivity index is 1.41. The van der Waals surface area contributed by atoms with Crippen LogP contribution in [0.5, 0.6) is 0 Å². The number of hydrogen-bond donors (Lipinski definition) is 0. The normalized spacial score (nSPS) is 14.4. The fourth-order valence-electron chi connectivity index (χ4n) is 4.64. The van der Waals surface area contributed by atoms with Crippen LogP contribution in [0, 0.1) is 12.7 Å². The van der Waals surface area contributed by atoms with E-state index >= 15 is 0 Å². The lowest BCUT2D eigenvalue weighted by atomic mass is 10.1. The van der Waals surface area contributed by atoms with Crippen LogP contribution in [0.1, 0.15) is 40.8 Å². The van der Waals surface area contributed by atoms with Gasteiger partial charge in [-0.3, -0.25) is 4.79 Å². The quantitative estimate of drug-likeness (QED) is 0.335. The number of amides is 1. The zero-order valence-corrected chi connectivity index (χ0v) is 21.0. The van der Waals surface area contributed by atoms with E-state index < -0.39 is 11.7 Å². The molecule has 1 fully saturated rings. The summed E-state index contributed by atoms with van der Waals surface area (Å²) in [6.07, 6.45) is -2.93. The molecule has 3 heterocycles. The minimum Gasteiger partial charge on any atom is -0.352 e. The van der Waals surface area contributed by atoms with Crippen LogP contribution in [0.3, 0.4) is 0 Å². The van der Waals surface area contributed by atoms with Crippen LogP contribution in [0.4, 0.5) is 23.4 Å². The average molecular weight is 527 g/mol. The Bertz CT molecular complexity index is 1460. The standard InChI is InChI=1S/C27H26F4N6O/c1-3-4-22-32-24(23-17(2)34-37(25(23)33-22)21-11-9-20(28)10-12-21)35-13-15-36(16-14-35)26(38)18-5-7-19(8-6-18)27(29,30)31/h5-12H,3-4,13-16H2,1-2H3. The van der Waals surface area contributed by atoms with E-state index in [9.17, 15) is 22.4 Å². The number of carbonyl (C=O) groups excluding carboxylic acids is 1. The lowest BCUT2D eigenvalue weighted by Gasteiger charge is -2.36. The largest absolute Gasteiger partial charge is 0.416 e. The van der Waals surface area contributed by atoms with Gasteiger partial charge >= 0.3 is 6.18 Å². The Morgan fingerprint density at radius 2 is 1.61 bits per heavy atom. The highest BCUT2D eigenvalue weighted by atomic mass is 19.4. The molecule has 38 heavy (non-hydrogen) atoms. The van der Waals surface area contributed by atoms with E-state index in [2.05, 4.69) is 10.00 Å². The first kappa shape index (κ1) is 25.6. The molecule has 1 aliphatic heterocycles. The zero-order valence-electron chi connectivity index (χ0n) is 21.0. The third kappa shape index (κ3) is 4.92. The first-order valence-electron chi connectivity index (χ1n) is 12.4. The molecule has 1 saturated heterocycles. The molecule has 2 aromatic carbocycles. The highest BCUT2D eigenvalue weighted by Crippen LogP contribution is 2.31. The molecule has 0 N–H and O–H groups in total. The second-order valence-electron chi connectivity index (χ2n) is 9.24. The summed E-state index contributed by atoms with van der Waals surface area (Å²) in [6, 6.07) is 10.3. The summed E-state index contributed by atoms with van der Waals surface area (Å²) in [5.41, 5.74) is 1.48. The summed E-state index contributed by atoms with van der Waals surface area (Å²) in [5, 5.41) is 5.46. The van der Waals surface area contributed by atoms with Crippen LogP contribution in [0.2, 0.25) is 0 Å². The molecule has 2 aromatic heterocycles. The van der Waals surface area contributed by atoms with Gasteiger partial charge in [-0.05, 0) is 61.9 Å². The molecule has 0 unspecified atom stereocenters. The lowest BCUT2D eigenvalue weighted by molar-refractivity contribution is -0.137. The van der Waals surface area contributed by atoms with Crippen LogP contribution in [-0.2, 0) is 12.6 Å². The third-order valence-electron chi connectivity index (χ3n) is 6.60. The van der Waals surface area contributed by atoms with Crippen molar-refractivity contribution in [2.45, 2.75) is 32.9 Å². The maximum absolute atomic E-state index is 13.5. The van der Waals surface area contributed by atoms with Crippen LogP contribution in [0.25, 0.3) is 16.7 Å². The monoisotopic (exact) mass is 526 g/mol. The van der Waals surface area contributed by atoms with Gasteiger partial charge < -0.3 is 9.80 Å². The number of fused-ring (bicyclic) bond motifs is 1. The number of nitrogens with zero attached hydrogens (tertiary/aromatic N) is 6. The number of carbonyl (C=O) groups is 1. The van der Waals surface area contributed by atoms with Crippen molar-refractivity contribution in [1.29, 1.82) is 0 Å². The number of halogens is 4. The fourth-order valence-corrected chi connectivity index (χ4v) is 4.64. The van der Waals surface area contributed by atoms with E-state index in [1.54, 1.807) is 21.7 Å². The zero-order chi connectivity index (χ0) is 27.0. The molecule has 0 atom stereocenters. The van der Waals surface area contributed by atoms with Crippen LogP contribution >= 0.6 is 0 Å². The van der Waals surface area contributed by atoms with Gasteiger partial charge in [-0.25, -0.2) is 19.0 Å². The summed E-state index contributed by atoms with van der Waals surface area (Å²) >= 11 is 0. The fraction of sp³-hybridized carbons (Fsp3) is 0.333. The van der Waals surface area contributed by atoms with Crippen molar-refractivity contribution < 1.29 is 22.4 Å². The minimum atomic E-state index is -4.45. The SMILES string of the molecule is CCCc1nc(N2CCN(C(=O)c3ccc(C(F)(F)F)cc3)CC2)c2c(C)nn(-c3ccc(F)cc3)c2n1. The van der Waals surface area contributed by atoms with E-state index in [4.69, 9.17) is 9.97 Å². The second-order valence-corrected chi connectivity index (χ2v) is 9.24. The van der Waals surface area contributed by atoms with E-state index in [0.29, 0.717) is 49.8 Å². The summed E-state index contributed by atoms with van der Waals surface area (Å²) in [4.78, 5) is 26.3. The van der Waals surface area contributed by atoms with Gasteiger partial charge in [-0.15, -0.1) is 0 Å². The van der Waals surface area contributed by atoms with Gasteiger partial charge in [0.15, 0.2) is 5.65 Å². The Hall–Kier alpha value is -4.02. The molecule has 1 amide bonds. The highest BCUT2D eigenvalue weighted by Gasteiger charge is 2.31. The molecule has 0 aliphatic carbocycles. The van der Waals surface area contributed by atoms with Crippen LogP contribution < -0.4 is 4.90 Å². The molecule has 11 heteroatoms. The molecule has 0 bridgehead atoms. The van der Waals surface area contributed by atoms with Crippen molar-refractivity contribution in [2.75, 3.05) is 31.1 Å². The lowest BCUT2D eigenvalue weighted by Crippen LogP contribution is -2.49. The molecule has 1 aliphatic rings. The number of rotatable bonds is 5. The Kier molecular flexibility index (Phi) is 6.77. The molecule has 0 spiro atoms. The number of anilines is 1. The van der Waals surface area contributed by atoms with E-state index in [-0.39, 0.29) is 17.3 Å². The summed E-state index contributed by atoms with van der Waals surface area (Å²) < 4.78 is 53.8. The molecule has 198 valence electrons. The topological polar surface area (TPSA) is 67.2 Å². The summed E-state index contributed by atoms with van der Waals surface area (Å²) in [7, 11) is 0. The van der Waals surface area contributed by atoms with E-state index in [1.165, 1.54) is 24.3 Å². The number of hydrogen-bond acceptors (Lipinski definition) is 5. The Morgan fingerprint density at radius 1 is 0.947 bits per heavy atom. The van der Waals surface area contributed by atoms with Crippen molar-refractivity contribution in [2.24, 2.45) is 0 Å². The van der Waals surface area contributed by atoms with Crippen molar-refractivity contribution >= 4 is 22.8 Å². The third-order valence-corrected chi connectivity index (χ3v) is 6.60. The molecule has 0 radical (unpaired) electrons. The number of alkyl halides is 3. The van der Waals surface area contributed by atoms with Gasteiger partial charge in [-0.2, -0.15) is 18.3 Å². The summed E-state index contributed by atoms with van der Waals surface area (Å²) in [6.45, 7) is 5.68. The van der Waals surface area contributed by atoms with Gasteiger partial charge in [0.2, 0.25) is 0 Å². The first-order chi connectivity index (χ1) is 18.2. The second kappa shape index (κ2) is 10.0. The van der Waals surface area contributed by atoms with Crippen LogP contribution in [0.15, 0.2) is 48.5 Å². The maximum atomic E-state index is 13.5. The predicted octanol–water partition coefficient (Wildman–Crippen LogP) is 5.20. The summed E-state index contributed by atoms with van der Waals surface area (Å²) in [5.74, 6) is 0.748. The maximum Gasteiger partial charge on any atom is 0.416 e. The Morgan fingerprint density at radius 3 is 2.21 bits per heavy atom. The number of aryl methyl sites for hydroxylation is 2. The van der Waals surface area contributed by atoms with Gasteiger partial charge in [0.25, 0.3) is 5.91 Å². The molecule has 0 saturated carbocycles. The molecule has 4 aromatic rings. The number of piperazine rings is 1. The van der Waals surface area contributed by atoms with Crippen molar-refractivity contribution in [3.63, 3.8) is 0 Å². The van der Waals surface area contributed by atoms with Gasteiger partial charge in [0, 0.05) is 38.2 Å². The van der Waals surface area contributed by atoms with Gasteiger partial charge in [0.1, 0.15) is 17.5 Å². The number of aromatic nitrogens is 4. The van der Waals surface area contributed by atoms with Gasteiger partial charge in [-0.1, -0.05) is 6.92 Å². The average Bonchev–Trinajstić information content (AvgIpc) is 3.24. The van der Waals surface area contributed by atoms with Crippen molar-refractivity contribution in [3.05, 3.63) is 77.0 Å². The van der Waals surface area contributed by atoms with E-state index in [0.717, 1.165) is 35.5 Å². The highest BCUT2D eigenvalue weighted by molar-refractivity contribution is 5.95. The smallest absolute Gasteiger partial charge is 0.352 e. The first-order valence-corrected chi connectivity index (χ1v) is 12.4. The van der Waals surface area contributed by atoms with E-state index in [1.807, 2.05) is 13.8 Å². The number of benzene rings is 2. The Labute approximate surface area is 216 Å². The predicted molar refractivity (Wildman–Crippen MR) is 135 cm³/mol. The molecule has 5 rings (SSSR count). The van der Waals surface area contributed by atoms with Gasteiger partial charge in [0.05, 0.1) is 22.3 Å². The van der Waals surface area contributed by atoms with Crippen molar-refractivity contribution in [1.82, 2.24) is 24.6 Å². The molecule has 7 nitrogen and oxygen atoms in total. The van der Waals surface area contributed by atoms with Crippen molar-refractivity contribution in [3.8, 4) is 5.69 Å². The minimum absolute atomic E-state index is 0.220. The molecular weight excluding hydrogens is 500 g/mol. The molecular formula is C27H26F4N6O. The van der Waals surface area contributed by atoms with Crippen LogP contribution in [-0.4, -0.2) is 56.7 Å².